The maximum atomic E-state index is 13.4. The molecule has 4 heteroatoms. The van der Waals surface area contributed by atoms with Crippen molar-refractivity contribution in [3.63, 3.8) is 0 Å². The molecule has 19 heavy (non-hydrogen) atoms. The van der Waals surface area contributed by atoms with Crippen LogP contribution in [0.15, 0.2) is 18.2 Å². The van der Waals surface area contributed by atoms with E-state index in [0.29, 0.717) is 0 Å². The van der Waals surface area contributed by atoms with E-state index in [1.165, 1.54) is 6.07 Å². The molecule has 1 aliphatic heterocycles. The Hall–Kier alpha value is -1.13. The number of halogens is 1. The predicted octanol–water partition coefficient (Wildman–Crippen LogP) is 2.85. The Balaban J connectivity index is 2.20. The summed E-state index contributed by atoms with van der Waals surface area (Å²) in [6.07, 6.45) is 2.46. The highest BCUT2D eigenvalue weighted by Crippen LogP contribution is 2.29. The van der Waals surface area contributed by atoms with E-state index in [4.69, 9.17) is 10.5 Å². The summed E-state index contributed by atoms with van der Waals surface area (Å²) >= 11 is 0. The Kier molecular flexibility index (Phi) is 4.77. The van der Waals surface area contributed by atoms with Crippen molar-refractivity contribution in [3.05, 3.63) is 29.6 Å². The van der Waals surface area contributed by atoms with Crippen LogP contribution in [-0.4, -0.2) is 25.8 Å². The molecule has 0 bridgehead atoms. The third kappa shape index (κ3) is 3.45. The van der Waals surface area contributed by atoms with Crippen LogP contribution in [0.5, 0.6) is 0 Å². The topological polar surface area (TPSA) is 38.5 Å². The molecule has 0 aromatic heterocycles. The summed E-state index contributed by atoms with van der Waals surface area (Å²) in [5.41, 5.74) is 7.87. The summed E-state index contributed by atoms with van der Waals surface area (Å²) < 4.78 is 19.1. The molecule has 0 radical (unpaired) electrons. The van der Waals surface area contributed by atoms with Gasteiger partial charge < -0.3 is 15.4 Å². The van der Waals surface area contributed by atoms with Crippen LogP contribution in [-0.2, 0) is 4.74 Å². The van der Waals surface area contributed by atoms with Gasteiger partial charge in [-0.1, -0.05) is 0 Å². The molecule has 1 saturated heterocycles. The number of nitrogens with zero attached hydrogens (tertiary/aromatic N) is 1. The van der Waals surface area contributed by atoms with E-state index >= 15 is 0 Å². The SMILES string of the molecule is CCOC1CCCN(c2ccc(F)cc2[C@H](C)N)C1. The summed E-state index contributed by atoms with van der Waals surface area (Å²) in [5, 5.41) is 0. The molecule has 0 saturated carbocycles. The lowest BCUT2D eigenvalue weighted by atomic mass is 10.0. The van der Waals surface area contributed by atoms with Gasteiger partial charge in [0.25, 0.3) is 0 Å². The van der Waals surface area contributed by atoms with Crippen molar-refractivity contribution < 1.29 is 9.13 Å². The second kappa shape index (κ2) is 6.35. The van der Waals surface area contributed by atoms with Crippen LogP contribution >= 0.6 is 0 Å². The maximum Gasteiger partial charge on any atom is 0.123 e. The van der Waals surface area contributed by atoms with E-state index in [1.54, 1.807) is 6.07 Å². The highest BCUT2D eigenvalue weighted by molar-refractivity contribution is 5.55. The van der Waals surface area contributed by atoms with Crippen molar-refractivity contribution in [2.24, 2.45) is 5.73 Å². The molecule has 1 aliphatic rings. The van der Waals surface area contributed by atoms with E-state index in [2.05, 4.69) is 4.90 Å². The number of rotatable bonds is 4. The van der Waals surface area contributed by atoms with Crippen molar-refractivity contribution in [1.82, 2.24) is 0 Å². The van der Waals surface area contributed by atoms with Crippen LogP contribution in [0.25, 0.3) is 0 Å². The number of benzene rings is 1. The zero-order chi connectivity index (χ0) is 13.8. The van der Waals surface area contributed by atoms with Crippen LogP contribution in [0.3, 0.4) is 0 Å². The van der Waals surface area contributed by atoms with Gasteiger partial charge in [0.1, 0.15) is 5.82 Å². The number of hydrogen-bond donors (Lipinski definition) is 1. The van der Waals surface area contributed by atoms with E-state index in [-0.39, 0.29) is 18.0 Å². The van der Waals surface area contributed by atoms with Crippen LogP contribution in [0.2, 0.25) is 0 Å². The first-order valence-corrected chi connectivity index (χ1v) is 7.03. The Morgan fingerprint density at radius 3 is 3.00 bits per heavy atom. The lowest BCUT2D eigenvalue weighted by molar-refractivity contribution is 0.0526. The Bertz CT molecular complexity index is 421. The second-order valence-electron chi connectivity index (χ2n) is 5.16. The minimum absolute atomic E-state index is 0.168. The number of anilines is 1. The molecular weight excluding hydrogens is 243 g/mol. The number of nitrogens with two attached hydrogens (primary N) is 1. The molecule has 106 valence electrons. The first kappa shape index (κ1) is 14.3. The van der Waals surface area contributed by atoms with Gasteiger partial charge in [-0.05, 0) is 50.5 Å². The fourth-order valence-corrected chi connectivity index (χ4v) is 2.71. The van der Waals surface area contributed by atoms with Crippen LogP contribution in [0.4, 0.5) is 10.1 Å². The van der Waals surface area contributed by atoms with Crippen molar-refractivity contribution in [2.45, 2.75) is 38.8 Å². The molecule has 2 N–H and O–H groups in total. The first-order valence-electron chi connectivity index (χ1n) is 7.03. The van der Waals surface area contributed by atoms with Gasteiger partial charge in [-0.25, -0.2) is 4.39 Å². The van der Waals surface area contributed by atoms with Crippen molar-refractivity contribution in [2.75, 3.05) is 24.6 Å². The summed E-state index contributed by atoms with van der Waals surface area (Å²) in [5.74, 6) is -0.227. The average molecular weight is 266 g/mol. The minimum atomic E-state index is -0.227. The second-order valence-corrected chi connectivity index (χ2v) is 5.16. The molecule has 1 unspecified atom stereocenters. The molecular formula is C15H23FN2O. The molecule has 2 atom stereocenters. The van der Waals surface area contributed by atoms with E-state index < -0.39 is 0 Å². The van der Waals surface area contributed by atoms with Crippen molar-refractivity contribution in [3.8, 4) is 0 Å². The number of hydrogen-bond acceptors (Lipinski definition) is 3. The number of piperidine rings is 1. The van der Waals surface area contributed by atoms with Gasteiger partial charge in [-0.3, -0.25) is 0 Å². The van der Waals surface area contributed by atoms with Gasteiger partial charge in [0, 0.05) is 31.4 Å². The van der Waals surface area contributed by atoms with Gasteiger partial charge in [0.05, 0.1) is 6.10 Å². The Morgan fingerprint density at radius 1 is 1.53 bits per heavy atom. The zero-order valence-corrected chi connectivity index (χ0v) is 11.7. The molecule has 3 nitrogen and oxygen atoms in total. The third-order valence-corrected chi connectivity index (χ3v) is 3.60. The van der Waals surface area contributed by atoms with Crippen LogP contribution in [0.1, 0.15) is 38.3 Å². The highest BCUT2D eigenvalue weighted by atomic mass is 19.1. The van der Waals surface area contributed by atoms with E-state index in [0.717, 1.165) is 43.8 Å². The zero-order valence-electron chi connectivity index (χ0n) is 11.7. The average Bonchev–Trinajstić information content (AvgIpc) is 2.39. The fourth-order valence-electron chi connectivity index (χ4n) is 2.71. The Morgan fingerprint density at radius 2 is 2.32 bits per heavy atom. The number of ether oxygens (including phenoxy) is 1. The summed E-state index contributed by atoms with van der Waals surface area (Å²) in [7, 11) is 0. The van der Waals surface area contributed by atoms with Gasteiger partial charge >= 0.3 is 0 Å². The lowest BCUT2D eigenvalue weighted by Crippen LogP contribution is -2.40. The fraction of sp³-hybridized carbons (Fsp3) is 0.600. The monoisotopic (exact) mass is 266 g/mol. The van der Waals surface area contributed by atoms with Crippen molar-refractivity contribution in [1.29, 1.82) is 0 Å². The summed E-state index contributed by atoms with van der Waals surface area (Å²) in [6.45, 7) is 6.49. The lowest BCUT2D eigenvalue weighted by Gasteiger charge is -2.35. The van der Waals surface area contributed by atoms with Gasteiger partial charge in [-0.2, -0.15) is 0 Å². The molecule has 1 aromatic rings. The quantitative estimate of drug-likeness (QED) is 0.910. The molecule has 0 amide bonds. The predicted molar refractivity (Wildman–Crippen MR) is 75.9 cm³/mol. The first-order chi connectivity index (χ1) is 9.11. The molecule has 2 rings (SSSR count). The van der Waals surface area contributed by atoms with E-state index in [9.17, 15) is 4.39 Å². The molecule has 1 fully saturated rings. The normalized spacial score (nSPS) is 21.5. The van der Waals surface area contributed by atoms with Crippen LogP contribution in [0, 0.1) is 5.82 Å². The van der Waals surface area contributed by atoms with Gasteiger partial charge in [0.2, 0.25) is 0 Å². The van der Waals surface area contributed by atoms with Crippen molar-refractivity contribution >= 4 is 5.69 Å². The van der Waals surface area contributed by atoms with Gasteiger partial charge in [-0.15, -0.1) is 0 Å². The molecule has 1 aromatic carbocycles. The maximum absolute atomic E-state index is 13.4. The third-order valence-electron chi connectivity index (χ3n) is 3.60. The summed E-state index contributed by atoms with van der Waals surface area (Å²) in [4.78, 5) is 2.27. The Labute approximate surface area is 114 Å². The van der Waals surface area contributed by atoms with E-state index in [1.807, 2.05) is 19.9 Å². The molecule has 0 spiro atoms. The standard InChI is InChI=1S/C15H23FN2O/c1-3-19-13-5-4-8-18(10-13)15-7-6-12(16)9-14(15)11(2)17/h6-7,9,11,13H,3-5,8,10,17H2,1-2H3/t11-,13?/m0/s1. The molecule has 0 aliphatic carbocycles. The smallest absolute Gasteiger partial charge is 0.123 e. The largest absolute Gasteiger partial charge is 0.377 e. The van der Waals surface area contributed by atoms with Gasteiger partial charge in [0.15, 0.2) is 0 Å². The summed E-state index contributed by atoms with van der Waals surface area (Å²) in [6, 6.07) is 4.72. The minimum Gasteiger partial charge on any atom is -0.377 e. The molecule has 1 heterocycles. The highest BCUT2D eigenvalue weighted by Gasteiger charge is 2.22. The van der Waals surface area contributed by atoms with Crippen LogP contribution < -0.4 is 10.6 Å².